The molecule has 1 spiro atoms. The lowest BCUT2D eigenvalue weighted by Gasteiger charge is -2.37. The van der Waals surface area contributed by atoms with Gasteiger partial charge in [0, 0.05) is 23.8 Å². The molecule has 4 fully saturated rings. The van der Waals surface area contributed by atoms with Crippen molar-refractivity contribution in [2.45, 2.75) is 100 Å². The minimum absolute atomic E-state index is 0.00905. The zero-order valence-corrected chi connectivity index (χ0v) is 22.2. The molecule has 204 valence electrons. The highest BCUT2D eigenvalue weighted by molar-refractivity contribution is 6.03. The summed E-state index contributed by atoms with van der Waals surface area (Å²) in [6.07, 6.45) is 14.8. The van der Waals surface area contributed by atoms with Gasteiger partial charge in [-0.05, 0) is 37.8 Å². The number of hydrogen-bond acceptors (Lipinski definition) is 5. The maximum absolute atomic E-state index is 14.3. The molecule has 2 aliphatic carbocycles. The molecule has 3 heterocycles. The molecule has 0 aromatic heterocycles. The van der Waals surface area contributed by atoms with E-state index in [9.17, 15) is 14.4 Å². The third kappa shape index (κ3) is 4.31. The second-order valence-corrected chi connectivity index (χ2v) is 11.7. The second-order valence-electron chi connectivity index (χ2n) is 11.7. The number of ether oxygens (including phenoxy) is 2. The Labute approximate surface area is 224 Å². The number of hydrogen-bond donors (Lipinski definition) is 2. The van der Waals surface area contributed by atoms with Crippen LogP contribution < -0.4 is 15.4 Å². The van der Waals surface area contributed by atoms with E-state index in [2.05, 4.69) is 10.6 Å². The highest BCUT2D eigenvalue weighted by Gasteiger charge is 2.73. The molecule has 8 nitrogen and oxygen atoms in total. The Balaban J connectivity index is 1.31. The maximum atomic E-state index is 14.3. The molecule has 6 rings (SSSR count). The van der Waals surface area contributed by atoms with Crippen LogP contribution in [0.2, 0.25) is 0 Å². The molecule has 2 N–H and O–H groups in total. The number of fused-ring (bicyclic) bond motifs is 1. The topological polar surface area (TPSA) is 97.0 Å². The van der Waals surface area contributed by atoms with Crippen molar-refractivity contribution in [3.05, 3.63) is 36.4 Å². The molecule has 38 heavy (non-hydrogen) atoms. The first-order chi connectivity index (χ1) is 18.5. The predicted octanol–water partition coefficient (Wildman–Crippen LogP) is 3.96. The molecule has 0 unspecified atom stereocenters. The minimum Gasteiger partial charge on any atom is -0.497 e. The van der Waals surface area contributed by atoms with Gasteiger partial charge in [0.15, 0.2) is 0 Å². The van der Waals surface area contributed by atoms with Crippen LogP contribution in [0, 0.1) is 11.8 Å². The fourth-order valence-corrected chi connectivity index (χ4v) is 7.59. The summed E-state index contributed by atoms with van der Waals surface area (Å²) >= 11 is 0. The lowest BCUT2D eigenvalue weighted by molar-refractivity contribution is -0.144. The first kappa shape index (κ1) is 25.4. The summed E-state index contributed by atoms with van der Waals surface area (Å²) in [7, 11) is 1.58. The molecule has 2 bridgehead atoms. The zero-order chi connectivity index (χ0) is 26.3. The Morgan fingerprint density at radius 1 is 1.00 bits per heavy atom. The van der Waals surface area contributed by atoms with Gasteiger partial charge in [0.05, 0.1) is 25.0 Å². The van der Waals surface area contributed by atoms with Gasteiger partial charge >= 0.3 is 0 Å². The number of nitrogens with one attached hydrogen (secondary N) is 2. The van der Waals surface area contributed by atoms with E-state index in [0.29, 0.717) is 11.4 Å². The van der Waals surface area contributed by atoms with Crippen LogP contribution in [0.5, 0.6) is 5.75 Å². The van der Waals surface area contributed by atoms with Gasteiger partial charge in [-0.25, -0.2) is 0 Å². The molecular formula is C30H39N3O5. The highest BCUT2D eigenvalue weighted by Crippen LogP contribution is 2.56. The smallest absolute Gasteiger partial charge is 0.246 e. The number of carbonyl (C=O) groups excluding carboxylic acids is 3. The number of nitrogens with zero attached hydrogens (tertiary/aromatic N) is 1. The first-order valence-corrected chi connectivity index (χ1v) is 14.5. The molecule has 8 heteroatoms. The number of anilines is 1. The quantitative estimate of drug-likeness (QED) is 0.436. The fourth-order valence-electron chi connectivity index (χ4n) is 7.59. The van der Waals surface area contributed by atoms with Crippen molar-refractivity contribution >= 4 is 23.4 Å². The van der Waals surface area contributed by atoms with Crippen molar-refractivity contribution in [2.24, 2.45) is 11.8 Å². The summed E-state index contributed by atoms with van der Waals surface area (Å²) in [6, 6.07) is 6.56. The van der Waals surface area contributed by atoms with Gasteiger partial charge in [-0.2, -0.15) is 0 Å². The van der Waals surface area contributed by atoms with Crippen LogP contribution in [-0.4, -0.2) is 59.6 Å². The Morgan fingerprint density at radius 3 is 2.45 bits per heavy atom. The van der Waals surface area contributed by atoms with Gasteiger partial charge in [0.2, 0.25) is 17.7 Å². The second kappa shape index (κ2) is 10.4. The fraction of sp³-hybridized carbons (Fsp3) is 0.633. The largest absolute Gasteiger partial charge is 0.497 e. The third-order valence-electron chi connectivity index (χ3n) is 9.37. The van der Waals surface area contributed by atoms with E-state index in [-0.39, 0.29) is 29.8 Å². The number of amides is 3. The van der Waals surface area contributed by atoms with Crippen LogP contribution >= 0.6 is 0 Å². The average molecular weight is 522 g/mol. The molecular weight excluding hydrogens is 482 g/mol. The lowest BCUT2D eigenvalue weighted by Crippen LogP contribution is -2.58. The summed E-state index contributed by atoms with van der Waals surface area (Å²) < 4.78 is 11.8. The van der Waals surface area contributed by atoms with Crippen molar-refractivity contribution in [1.82, 2.24) is 10.2 Å². The lowest BCUT2D eigenvalue weighted by atomic mass is 9.74. The van der Waals surface area contributed by atoms with E-state index in [4.69, 9.17) is 9.47 Å². The number of benzene rings is 1. The van der Waals surface area contributed by atoms with Gasteiger partial charge < -0.3 is 25.0 Å². The third-order valence-corrected chi connectivity index (χ3v) is 9.37. The van der Waals surface area contributed by atoms with E-state index < -0.39 is 29.6 Å². The van der Waals surface area contributed by atoms with E-state index in [1.807, 2.05) is 29.2 Å². The molecule has 3 amide bonds. The molecule has 1 aromatic carbocycles. The van der Waals surface area contributed by atoms with Crippen molar-refractivity contribution < 1.29 is 23.9 Å². The summed E-state index contributed by atoms with van der Waals surface area (Å²) in [4.78, 5) is 43.8. The molecule has 5 atom stereocenters. The number of rotatable bonds is 6. The number of carbonyl (C=O) groups is 3. The molecule has 5 aliphatic rings. The van der Waals surface area contributed by atoms with Crippen molar-refractivity contribution in [2.75, 3.05) is 12.4 Å². The monoisotopic (exact) mass is 521 g/mol. The van der Waals surface area contributed by atoms with Crippen molar-refractivity contribution in [1.29, 1.82) is 0 Å². The first-order valence-electron chi connectivity index (χ1n) is 14.5. The van der Waals surface area contributed by atoms with Crippen LogP contribution in [0.4, 0.5) is 5.69 Å². The summed E-state index contributed by atoms with van der Waals surface area (Å²) in [5, 5.41) is 6.28. The van der Waals surface area contributed by atoms with E-state index in [1.165, 1.54) is 6.42 Å². The van der Waals surface area contributed by atoms with Gasteiger partial charge in [-0.1, -0.05) is 63.2 Å². The zero-order valence-electron chi connectivity index (χ0n) is 22.2. The van der Waals surface area contributed by atoms with Crippen LogP contribution in [0.25, 0.3) is 0 Å². The van der Waals surface area contributed by atoms with Crippen LogP contribution in [0.1, 0.15) is 70.6 Å². The average Bonchev–Trinajstić information content (AvgIpc) is 3.48. The SMILES string of the molecule is COc1cccc(NC(=O)[C@H]2[C@@H]3C=C[C@]4(O3)[C@@H]2C(=O)N(C2CCCCCC2)[C@@H]4C(=O)NC2CCCCC2)c1. The molecule has 1 aromatic rings. The van der Waals surface area contributed by atoms with Crippen LogP contribution in [-0.2, 0) is 19.1 Å². The normalized spacial score (nSPS) is 33.2. The molecule has 0 radical (unpaired) electrons. The highest BCUT2D eigenvalue weighted by atomic mass is 16.5. The Bertz CT molecular complexity index is 1110. The standard InChI is InChI=1S/C30H39N3O5/c1-37-22-15-9-12-20(18-22)32-27(34)24-23-16-17-30(38-23)25(24)29(36)33(21-13-7-2-3-8-14-21)26(30)28(35)31-19-10-5-4-6-11-19/h9,12,15-19,21,23-26H,2-8,10-11,13-14H2,1H3,(H,31,35)(H,32,34)/t23-,24-,25-,26+,30-/m0/s1. The summed E-state index contributed by atoms with van der Waals surface area (Å²) in [5.41, 5.74) is -0.503. The van der Waals surface area contributed by atoms with Gasteiger partial charge in [-0.3, -0.25) is 14.4 Å². The Morgan fingerprint density at radius 2 is 1.71 bits per heavy atom. The summed E-state index contributed by atoms with van der Waals surface area (Å²) in [6.45, 7) is 0. The van der Waals surface area contributed by atoms with Crippen LogP contribution in [0.3, 0.4) is 0 Å². The maximum Gasteiger partial charge on any atom is 0.246 e. The van der Waals surface area contributed by atoms with Gasteiger partial charge in [-0.15, -0.1) is 0 Å². The van der Waals surface area contributed by atoms with Crippen molar-refractivity contribution in [3.63, 3.8) is 0 Å². The van der Waals surface area contributed by atoms with E-state index in [0.717, 1.165) is 64.2 Å². The summed E-state index contributed by atoms with van der Waals surface area (Å²) in [5.74, 6) is -1.27. The Hall–Kier alpha value is -2.87. The molecule has 2 saturated heterocycles. The Kier molecular flexibility index (Phi) is 6.93. The van der Waals surface area contributed by atoms with Crippen LogP contribution in [0.15, 0.2) is 36.4 Å². The number of likely N-dealkylation sites (tertiary alicyclic amines) is 1. The van der Waals surface area contributed by atoms with E-state index >= 15 is 0 Å². The molecule has 2 saturated carbocycles. The number of methoxy groups -OCH3 is 1. The van der Waals surface area contributed by atoms with Gasteiger partial charge in [0.1, 0.15) is 17.4 Å². The van der Waals surface area contributed by atoms with Crippen molar-refractivity contribution in [3.8, 4) is 5.75 Å². The molecule has 3 aliphatic heterocycles. The van der Waals surface area contributed by atoms with Gasteiger partial charge in [0.25, 0.3) is 0 Å². The van der Waals surface area contributed by atoms with E-state index in [1.54, 1.807) is 19.2 Å². The predicted molar refractivity (Wildman–Crippen MR) is 142 cm³/mol. The minimum atomic E-state index is -1.11.